The number of nitrogens with two attached hydrogens (primary N) is 1. The van der Waals surface area contributed by atoms with E-state index in [-0.39, 0.29) is 17.8 Å². The van der Waals surface area contributed by atoms with Crippen molar-refractivity contribution < 1.29 is 14.6 Å². The Morgan fingerprint density at radius 2 is 2.18 bits per heavy atom. The van der Waals surface area contributed by atoms with E-state index >= 15 is 0 Å². The molecule has 0 aliphatic heterocycles. The van der Waals surface area contributed by atoms with Crippen LogP contribution in [0.15, 0.2) is 18.2 Å². The van der Waals surface area contributed by atoms with Crippen LogP contribution in [0.5, 0.6) is 5.88 Å². The van der Waals surface area contributed by atoms with Crippen LogP contribution in [0.2, 0.25) is 0 Å². The highest BCUT2D eigenvalue weighted by Crippen LogP contribution is 2.21. The van der Waals surface area contributed by atoms with Gasteiger partial charge in [-0.05, 0) is 25.3 Å². The lowest BCUT2D eigenvalue weighted by Gasteiger charge is -2.28. The van der Waals surface area contributed by atoms with Crippen molar-refractivity contribution in [1.82, 2.24) is 4.98 Å². The van der Waals surface area contributed by atoms with Gasteiger partial charge in [-0.1, -0.05) is 12.5 Å². The first-order valence-corrected chi connectivity index (χ1v) is 5.79. The predicted octanol–water partition coefficient (Wildman–Crippen LogP) is 1.43. The van der Waals surface area contributed by atoms with Gasteiger partial charge in [0.15, 0.2) is 5.69 Å². The van der Waals surface area contributed by atoms with Crippen LogP contribution in [-0.2, 0) is 0 Å². The average Bonchev–Trinajstić information content (AvgIpc) is 2.32. The maximum absolute atomic E-state index is 10.8. The smallest absolute Gasteiger partial charge is 0.354 e. The molecule has 0 aromatic carbocycles. The van der Waals surface area contributed by atoms with Crippen molar-refractivity contribution in [2.45, 2.75) is 37.8 Å². The van der Waals surface area contributed by atoms with Gasteiger partial charge in [0.05, 0.1) is 0 Å². The highest BCUT2D eigenvalue weighted by Gasteiger charge is 2.23. The molecule has 1 aromatic rings. The van der Waals surface area contributed by atoms with Crippen molar-refractivity contribution in [3.8, 4) is 5.88 Å². The molecule has 2 rings (SSSR count). The highest BCUT2D eigenvalue weighted by atomic mass is 16.5. The number of hydrogen-bond donors (Lipinski definition) is 2. The second-order valence-electron chi connectivity index (χ2n) is 4.27. The third kappa shape index (κ3) is 2.94. The number of carbonyl (C=O) groups is 1. The van der Waals surface area contributed by atoms with Crippen molar-refractivity contribution in [1.29, 1.82) is 0 Å². The molecule has 1 aliphatic rings. The molecule has 0 radical (unpaired) electrons. The van der Waals surface area contributed by atoms with Crippen LogP contribution < -0.4 is 10.5 Å². The fourth-order valence-corrected chi connectivity index (χ4v) is 2.03. The van der Waals surface area contributed by atoms with Gasteiger partial charge in [-0.2, -0.15) is 0 Å². The minimum absolute atomic E-state index is 0.00752. The molecular formula is C12H16N2O3. The average molecular weight is 236 g/mol. The number of carboxylic acids is 1. The molecule has 1 aromatic heterocycles. The zero-order valence-electron chi connectivity index (χ0n) is 9.50. The Balaban J connectivity index is 2.07. The third-order valence-corrected chi connectivity index (χ3v) is 2.97. The zero-order valence-corrected chi connectivity index (χ0v) is 9.50. The molecule has 1 aliphatic carbocycles. The number of aromatic nitrogens is 1. The van der Waals surface area contributed by atoms with E-state index in [1.54, 1.807) is 12.1 Å². The second-order valence-corrected chi connectivity index (χ2v) is 4.27. The SMILES string of the molecule is N[C@@H]1CCCC[C@H]1Oc1cccc(C(=O)O)n1. The van der Waals surface area contributed by atoms with Crippen LogP contribution >= 0.6 is 0 Å². The monoisotopic (exact) mass is 236 g/mol. The summed E-state index contributed by atoms with van der Waals surface area (Å²) in [4.78, 5) is 14.7. The molecule has 5 nitrogen and oxygen atoms in total. The lowest BCUT2D eigenvalue weighted by Crippen LogP contribution is -2.41. The Bertz CT molecular complexity index is 408. The van der Waals surface area contributed by atoms with Gasteiger partial charge in [0, 0.05) is 12.1 Å². The van der Waals surface area contributed by atoms with E-state index in [4.69, 9.17) is 15.6 Å². The van der Waals surface area contributed by atoms with Gasteiger partial charge < -0.3 is 15.6 Å². The van der Waals surface area contributed by atoms with Gasteiger partial charge in [-0.3, -0.25) is 0 Å². The fourth-order valence-electron chi connectivity index (χ4n) is 2.03. The molecule has 2 atom stereocenters. The molecule has 1 heterocycles. The second kappa shape index (κ2) is 5.14. The molecule has 0 bridgehead atoms. The molecule has 3 N–H and O–H groups in total. The summed E-state index contributed by atoms with van der Waals surface area (Å²) in [6.45, 7) is 0. The highest BCUT2D eigenvalue weighted by molar-refractivity contribution is 5.85. The van der Waals surface area contributed by atoms with Gasteiger partial charge in [0.2, 0.25) is 5.88 Å². The van der Waals surface area contributed by atoms with Crippen molar-refractivity contribution in [2.24, 2.45) is 5.73 Å². The van der Waals surface area contributed by atoms with Gasteiger partial charge in [-0.15, -0.1) is 0 Å². The van der Waals surface area contributed by atoms with Gasteiger partial charge in [0.1, 0.15) is 6.10 Å². The summed E-state index contributed by atoms with van der Waals surface area (Å²) in [6, 6.07) is 4.74. The van der Waals surface area contributed by atoms with E-state index in [1.807, 2.05) is 0 Å². The first-order valence-electron chi connectivity index (χ1n) is 5.79. The first kappa shape index (κ1) is 11.9. The van der Waals surface area contributed by atoms with E-state index < -0.39 is 5.97 Å². The van der Waals surface area contributed by atoms with Crippen LogP contribution in [0.4, 0.5) is 0 Å². The van der Waals surface area contributed by atoms with E-state index in [1.165, 1.54) is 6.07 Å². The Hall–Kier alpha value is -1.62. The van der Waals surface area contributed by atoms with E-state index in [0.29, 0.717) is 5.88 Å². The summed E-state index contributed by atoms with van der Waals surface area (Å²) in [7, 11) is 0. The number of carboxylic acid groups (broad SMARTS) is 1. The van der Waals surface area contributed by atoms with E-state index in [2.05, 4.69) is 4.98 Å². The van der Waals surface area contributed by atoms with Crippen LogP contribution in [0.25, 0.3) is 0 Å². The van der Waals surface area contributed by atoms with Crippen LogP contribution in [-0.4, -0.2) is 28.2 Å². The molecule has 17 heavy (non-hydrogen) atoms. The third-order valence-electron chi connectivity index (χ3n) is 2.97. The topological polar surface area (TPSA) is 85.4 Å². The molecule has 0 unspecified atom stereocenters. The predicted molar refractivity (Wildman–Crippen MR) is 62.1 cm³/mol. The van der Waals surface area contributed by atoms with Crippen LogP contribution in [0, 0.1) is 0 Å². The number of ether oxygens (including phenoxy) is 1. The van der Waals surface area contributed by atoms with Crippen molar-refractivity contribution in [3.63, 3.8) is 0 Å². The lowest BCUT2D eigenvalue weighted by molar-refractivity contribution is 0.0686. The molecule has 0 spiro atoms. The minimum Gasteiger partial charge on any atom is -0.477 e. The first-order chi connectivity index (χ1) is 8.16. The Kier molecular flexibility index (Phi) is 3.58. The number of hydrogen-bond acceptors (Lipinski definition) is 4. The van der Waals surface area contributed by atoms with E-state index in [0.717, 1.165) is 25.7 Å². The summed E-state index contributed by atoms with van der Waals surface area (Å²) in [5.41, 5.74) is 5.95. The Morgan fingerprint density at radius 1 is 1.41 bits per heavy atom. The fraction of sp³-hybridized carbons (Fsp3) is 0.500. The molecule has 0 amide bonds. The largest absolute Gasteiger partial charge is 0.477 e. The van der Waals surface area contributed by atoms with E-state index in [9.17, 15) is 4.79 Å². The van der Waals surface area contributed by atoms with Crippen molar-refractivity contribution >= 4 is 5.97 Å². The molecule has 92 valence electrons. The quantitative estimate of drug-likeness (QED) is 0.829. The van der Waals surface area contributed by atoms with Gasteiger partial charge in [-0.25, -0.2) is 9.78 Å². The summed E-state index contributed by atoms with van der Waals surface area (Å²) in [5, 5.41) is 8.82. The Labute approximate surface area is 99.6 Å². The van der Waals surface area contributed by atoms with Crippen molar-refractivity contribution in [2.75, 3.05) is 0 Å². The molecule has 1 fully saturated rings. The summed E-state index contributed by atoms with van der Waals surface area (Å²) >= 11 is 0. The molecular weight excluding hydrogens is 220 g/mol. The Morgan fingerprint density at radius 3 is 2.88 bits per heavy atom. The van der Waals surface area contributed by atoms with Crippen LogP contribution in [0.1, 0.15) is 36.2 Å². The number of rotatable bonds is 3. The summed E-state index contributed by atoms with van der Waals surface area (Å²) < 4.78 is 5.66. The number of nitrogens with zero attached hydrogens (tertiary/aromatic N) is 1. The minimum atomic E-state index is -1.05. The lowest BCUT2D eigenvalue weighted by atomic mass is 9.93. The number of aromatic carboxylic acids is 1. The van der Waals surface area contributed by atoms with Crippen molar-refractivity contribution in [3.05, 3.63) is 23.9 Å². The standard InChI is InChI=1S/C12H16N2O3/c13-8-4-1-2-6-10(8)17-11-7-3-5-9(14-11)12(15)16/h3,5,7-8,10H,1-2,4,6,13H2,(H,15,16)/t8-,10-/m1/s1. The maximum Gasteiger partial charge on any atom is 0.354 e. The van der Waals surface area contributed by atoms with Gasteiger partial charge in [0.25, 0.3) is 0 Å². The maximum atomic E-state index is 10.8. The summed E-state index contributed by atoms with van der Waals surface area (Å²) in [5.74, 6) is -0.712. The zero-order chi connectivity index (χ0) is 12.3. The normalized spacial score (nSPS) is 24.3. The van der Waals surface area contributed by atoms with Gasteiger partial charge >= 0.3 is 5.97 Å². The summed E-state index contributed by atoms with van der Waals surface area (Å²) in [6.07, 6.45) is 4.02. The van der Waals surface area contributed by atoms with Crippen LogP contribution in [0.3, 0.4) is 0 Å². The molecule has 1 saturated carbocycles. The molecule has 0 saturated heterocycles. The molecule has 5 heteroatoms. The number of pyridine rings is 1.